The SMILES string of the molecule is Cl.Nc1nonc1C(=O)NCCNCc1ccc(OCc2ccc(Cl)cc2)cc1. The average Bonchev–Trinajstić information content (AvgIpc) is 3.14. The Morgan fingerprint density at radius 1 is 1.03 bits per heavy atom. The molecule has 154 valence electrons. The van der Waals surface area contributed by atoms with Crippen LogP contribution in [0.1, 0.15) is 21.6 Å². The van der Waals surface area contributed by atoms with E-state index in [1.807, 2.05) is 48.5 Å². The lowest BCUT2D eigenvalue weighted by Gasteiger charge is -2.09. The predicted molar refractivity (Wildman–Crippen MR) is 112 cm³/mol. The van der Waals surface area contributed by atoms with Crippen molar-refractivity contribution in [3.05, 3.63) is 70.4 Å². The fourth-order valence-corrected chi connectivity index (χ4v) is 2.51. The second-order valence-corrected chi connectivity index (χ2v) is 6.43. The van der Waals surface area contributed by atoms with Crippen LogP contribution in [0, 0.1) is 0 Å². The van der Waals surface area contributed by atoms with Crippen LogP contribution in [0.15, 0.2) is 53.2 Å². The van der Waals surface area contributed by atoms with Crippen molar-refractivity contribution in [3.63, 3.8) is 0 Å². The van der Waals surface area contributed by atoms with Gasteiger partial charge in [-0.15, -0.1) is 12.4 Å². The highest BCUT2D eigenvalue weighted by Gasteiger charge is 2.14. The Kier molecular flexibility index (Phi) is 8.72. The summed E-state index contributed by atoms with van der Waals surface area (Å²) in [6, 6.07) is 15.4. The number of nitrogens with one attached hydrogen (secondary N) is 2. The molecule has 8 nitrogen and oxygen atoms in total. The fourth-order valence-electron chi connectivity index (χ4n) is 2.38. The number of nitrogens with two attached hydrogens (primary N) is 1. The van der Waals surface area contributed by atoms with Crippen molar-refractivity contribution in [1.82, 2.24) is 20.9 Å². The molecule has 0 saturated carbocycles. The van der Waals surface area contributed by atoms with Gasteiger partial charge in [0.05, 0.1) is 0 Å². The quantitative estimate of drug-likeness (QED) is 0.440. The molecule has 0 aliphatic rings. The maximum atomic E-state index is 11.8. The van der Waals surface area contributed by atoms with E-state index in [2.05, 4.69) is 25.6 Å². The molecule has 1 amide bonds. The number of ether oxygens (including phenoxy) is 1. The molecule has 2 aromatic carbocycles. The molecule has 0 atom stereocenters. The second-order valence-electron chi connectivity index (χ2n) is 5.99. The van der Waals surface area contributed by atoms with Gasteiger partial charge in [-0.1, -0.05) is 35.9 Å². The first kappa shape index (κ1) is 22.5. The molecule has 0 unspecified atom stereocenters. The molecule has 0 fully saturated rings. The van der Waals surface area contributed by atoms with E-state index < -0.39 is 5.91 Å². The third kappa shape index (κ3) is 6.94. The van der Waals surface area contributed by atoms with E-state index in [1.54, 1.807) is 0 Å². The lowest BCUT2D eigenvalue weighted by Crippen LogP contribution is -2.32. The molecule has 0 aliphatic carbocycles. The summed E-state index contributed by atoms with van der Waals surface area (Å²) < 4.78 is 10.2. The van der Waals surface area contributed by atoms with E-state index in [9.17, 15) is 4.79 Å². The van der Waals surface area contributed by atoms with Crippen LogP contribution in [-0.2, 0) is 13.2 Å². The van der Waals surface area contributed by atoms with Gasteiger partial charge in [-0.25, -0.2) is 4.63 Å². The maximum Gasteiger partial charge on any atom is 0.277 e. The van der Waals surface area contributed by atoms with Gasteiger partial charge in [0.15, 0.2) is 0 Å². The van der Waals surface area contributed by atoms with Crippen molar-refractivity contribution in [3.8, 4) is 5.75 Å². The highest BCUT2D eigenvalue weighted by atomic mass is 35.5. The van der Waals surface area contributed by atoms with Gasteiger partial charge in [0.2, 0.25) is 11.5 Å². The zero-order valence-corrected chi connectivity index (χ0v) is 17.0. The second kappa shape index (κ2) is 11.3. The third-order valence-corrected chi connectivity index (χ3v) is 4.14. The number of carbonyl (C=O) groups excluding carboxylic acids is 1. The minimum absolute atomic E-state index is 0. The molecule has 0 bridgehead atoms. The van der Waals surface area contributed by atoms with Gasteiger partial charge in [0.1, 0.15) is 12.4 Å². The number of carbonyl (C=O) groups is 1. The molecule has 0 aliphatic heterocycles. The molecule has 0 radical (unpaired) electrons. The van der Waals surface area contributed by atoms with Crippen molar-refractivity contribution in [2.75, 3.05) is 18.8 Å². The molecule has 3 rings (SSSR count). The van der Waals surface area contributed by atoms with Gasteiger partial charge >= 0.3 is 0 Å². The molecule has 0 spiro atoms. The summed E-state index contributed by atoms with van der Waals surface area (Å²) >= 11 is 5.87. The summed E-state index contributed by atoms with van der Waals surface area (Å²) in [4.78, 5) is 11.8. The number of anilines is 1. The Labute approximate surface area is 179 Å². The lowest BCUT2D eigenvalue weighted by molar-refractivity contribution is 0.0944. The molecule has 10 heteroatoms. The number of aromatic nitrogens is 2. The van der Waals surface area contributed by atoms with Crippen molar-refractivity contribution >= 4 is 35.7 Å². The summed E-state index contributed by atoms with van der Waals surface area (Å²) in [5.41, 5.74) is 7.62. The number of nitrogens with zero attached hydrogens (tertiary/aromatic N) is 2. The molecule has 1 aromatic heterocycles. The van der Waals surface area contributed by atoms with Crippen LogP contribution in [0.5, 0.6) is 5.75 Å². The van der Waals surface area contributed by atoms with E-state index in [-0.39, 0.29) is 23.9 Å². The van der Waals surface area contributed by atoms with Crippen LogP contribution >= 0.6 is 24.0 Å². The van der Waals surface area contributed by atoms with Crippen LogP contribution < -0.4 is 21.1 Å². The summed E-state index contributed by atoms with van der Waals surface area (Å²) in [7, 11) is 0. The molecule has 1 heterocycles. The van der Waals surface area contributed by atoms with Crippen molar-refractivity contribution in [2.24, 2.45) is 0 Å². The van der Waals surface area contributed by atoms with Crippen LogP contribution in [0.3, 0.4) is 0 Å². The zero-order chi connectivity index (χ0) is 19.8. The summed E-state index contributed by atoms with van der Waals surface area (Å²) in [6.45, 7) is 2.17. The highest BCUT2D eigenvalue weighted by molar-refractivity contribution is 6.30. The van der Waals surface area contributed by atoms with E-state index in [0.29, 0.717) is 31.3 Å². The van der Waals surface area contributed by atoms with Gasteiger partial charge in [-0.05, 0) is 45.7 Å². The van der Waals surface area contributed by atoms with Crippen LogP contribution in [0.4, 0.5) is 5.82 Å². The zero-order valence-electron chi connectivity index (χ0n) is 15.4. The van der Waals surface area contributed by atoms with E-state index in [0.717, 1.165) is 16.9 Å². The summed E-state index contributed by atoms with van der Waals surface area (Å²) in [5.74, 6) is 0.358. The summed E-state index contributed by atoms with van der Waals surface area (Å²) in [5, 5.41) is 13.4. The number of rotatable bonds is 9. The van der Waals surface area contributed by atoms with Crippen molar-refractivity contribution in [1.29, 1.82) is 0 Å². The monoisotopic (exact) mass is 437 g/mol. The smallest absolute Gasteiger partial charge is 0.277 e. The average molecular weight is 438 g/mol. The van der Waals surface area contributed by atoms with Gasteiger partial charge in [0, 0.05) is 24.7 Å². The number of halogens is 2. The molecule has 29 heavy (non-hydrogen) atoms. The number of nitrogen functional groups attached to an aromatic ring is 1. The van der Waals surface area contributed by atoms with Gasteiger partial charge in [-0.3, -0.25) is 4.79 Å². The Balaban J connectivity index is 0.00000300. The third-order valence-electron chi connectivity index (χ3n) is 3.89. The summed E-state index contributed by atoms with van der Waals surface area (Å²) in [6.07, 6.45) is 0. The van der Waals surface area contributed by atoms with Crippen LogP contribution in [0.2, 0.25) is 5.02 Å². The number of hydrogen-bond acceptors (Lipinski definition) is 7. The maximum absolute atomic E-state index is 11.8. The van der Waals surface area contributed by atoms with Gasteiger partial charge in [-0.2, -0.15) is 0 Å². The van der Waals surface area contributed by atoms with E-state index >= 15 is 0 Å². The van der Waals surface area contributed by atoms with Gasteiger partial charge < -0.3 is 21.1 Å². The van der Waals surface area contributed by atoms with Gasteiger partial charge in [0.25, 0.3) is 5.91 Å². The topological polar surface area (TPSA) is 115 Å². The normalized spacial score (nSPS) is 10.2. The Hall–Kier alpha value is -2.81. The molecule has 0 saturated heterocycles. The molecule has 3 aromatic rings. The first-order chi connectivity index (χ1) is 13.6. The Morgan fingerprint density at radius 2 is 1.72 bits per heavy atom. The Morgan fingerprint density at radius 3 is 2.38 bits per heavy atom. The van der Waals surface area contributed by atoms with E-state index in [1.165, 1.54) is 0 Å². The number of hydrogen-bond donors (Lipinski definition) is 3. The van der Waals surface area contributed by atoms with Crippen molar-refractivity contribution < 1.29 is 14.2 Å². The molecule has 4 N–H and O–H groups in total. The Bertz CT molecular complexity index is 901. The molecular weight excluding hydrogens is 417 g/mol. The van der Waals surface area contributed by atoms with E-state index in [4.69, 9.17) is 22.1 Å². The fraction of sp³-hybridized carbons (Fsp3) is 0.211. The molecular formula is C19H21Cl2N5O3. The van der Waals surface area contributed by atoms with Crippen molar-refractivity contribution in [2.45, 2.75) is 13.2 Å². The first-order valence-electron chi connectivity index (χ1n) is 8.65. The standard InChI is InChI=1S/C19H20ClN5O3.ClH/c20-15-5-1-14(2-6-15)12-27-16-7-3-13(4-8-16)11-22-9-10-23-19(26)17-18(21)25-28-24-17;/h1-8,22H,9-12H2,(H2,21,25)(H,23,26);1H. The van der Waals surface area contributed by atoms with Crippen LogP contribution in [0.25, 0.3) is 0 Å². The lowest BCUT2D eigenvalue weighted by atomic mass is 10.2. The minimum Gasteiger partial charge on any atom is -0.489 e. The number of amides is 1. The first-order valence-corrected chi connectivity index (χ1v) is 9.03. The van der Waals surface area contributed by atoms with Crippen LogP contribution in [-0.4, -0.2) is 29.3 Å². The minimum atomic E-state index is -0.414. The highest BCUT2D eigenvalue weighted by Crippen LogP contribution is 2.15. The predicted octanol–water partition coefficient (Wildman–Crippen LogP) is 2.83. The largest absolute Gasteiger partial charge is 0.489 e. The number of benzene rings is 2.